The standard InChI is InChI=1S/C18H30N2/c1-15(2,3)13-11-17-9-7-8-10-18(17,19-13)12-14(20-17)16(4,5)6/h7-12H2,1-6H3/t17-,18-/m1/s1. The third-order valence-electron chi connectivity index (χ3n) is 5.65. The molecule has 0 amide bonds. The zero-order valence-electron chi connectivity index (χ0n) is 14.1. The second kappa shape index (κ2) is 3.96. The van der Waals surface area contributed by atoms with Gasteiger partial charge in [0.25, 0.3) is 0 Å². The van der Waals surface area contributed by atoms with E-state index in [1.165, 1.54) is 37.1 Å². The highest BCUT2D eigenvalue weighted by molar-refractivity contribution is 5.99. The highest BCUT2D eigenvalue weighted by Gasteiger charge is 2.62. The summed E-state index contributed by atoms with van der Waals surface area (Å²) in [6, 6.07) is 0. The normalized spacial score (nSPS) is 37.3. The lowest BCUT2D eigenvalue weighted by atomic mass is 9.66. The van der Waals surface area contributed by atoms with Gasteiger partial charge in [0.05, 0.1) is 11.1 Å². The van der Waals surface area contributed by atoms with Gasteiger partial charge in [-0.2, -0.15) is 0 Å². The lowest BCUT2D eigenvalue weighted by Crippen LogP contribution is -2.48. The summed E-state index contributed by atoms with van der Waals surface area (Å²) in [5.74, 6) is 0. The van der Waals surface area contributed by atoms with Crippen molar-refractivity contribution in [1.82, 2.24) is 0 Å². The van der Waals surface area contributed by atoms with Crippen LogP contribution in [0.4, 0.5) is 0 Å². The van der Waals surface area contributed by atoms with Crippen LogP contribution in [0.5, 0.6) is 0 Å². The van der Waals surface area contributed by atoms with Crippen LogP contribution in [0.15, 0.2) is 9.98 Å². The fourth-order valence-electron chi connectivity index (χ4n) is 4.22. The number of hydrogen-bond acceptors (Lipinski definition) is 2. The largest absolute Gasteiger partial charge is 0.284 e. The molecule has 3 rings (SSSR count). The van der Waals surface area contributed by atoms with Gasteiger partial charge in [0.15, 0.2) is 0 Å². The lowest BCUT2D eigenvalue weighted by Gasteiger charge is -2.41. The quantitative estimate of drug-likeness (QED) is 0.605. The van der Waals surface area contributed by atoms with Crippen LogP contribution in [-0.2, 0) is 0 Å². The van der Waals surface area contributed by atoms with E-state index < -0.39 is 0 Å². The molecule has 2 heterocycles. The van der Waals surface area contributed by atoms with E-state index in [9.17, 15) is 0 Å². The molecule has 0 aromatic heterocycles. The van der Waals surface area contributed by atoms with E-state index in [2.05, 4.69) is 41.5 Å². The molecular formula is C18H30N2. The van der Waals surface area contributed by atoms with Crippen LogP contribution >= 0.6 is 0 Å². The third kappa shape index (κ3) is 1.90. The molecule has 0 bridgehead atoms. The Labute approximate surface area is 124 Å². The van der Waals surface area contributed by atoms with Gasteiger partial charge in [-0.1, -0.05) is 54.4 Å². The van der Waals surface area contributed by atoms with Gasteiger partial charge in [-0.05, 0) is 23.7 Å². The van der Waals surface area contributed by atoms with Gasteiger partial charge in [-0.3, -0.25) is 9.98 Å². The van der Waals surface area contributed by atoms with Gasteiger partial charge in [0, 0.05) is 24.3 Å². The molecule has 1 fully saturated rings. The van der Waals surface area contributed by atoms with E-state index in [-0.39, 0.29) is 21.9 Å². The van der Waals surface area contributed by atoms with Crippen molar-refractivity contribution < 1.29 is 0 Å². The lowest BCUT2D eigenvalue weighted by molar-refractivity contribution is 0.198. The molecule has 2 aliphatic heterocycles. The molecule has 0 spiro atoms. The fourth-order valence-corrected chi connectivity index (χ4v) is 4.22. The highest BCUT2D eigenvalue weighted by atomic mass is 15.1. The summed E-state index contributed by atoms with van der Waals surface area (Å²) in [5.41, 5.74) is 3.47. The molecule has 112 valence electrons. The maximum absolute atomic E-state index is 5.33. The predicted molar refractivity (Wildman–Crippen MR) is 86.9 cm³/mol. The van der Waals surface area contributed by atoms with E-state index >= 15 is 0 Å². The molecule has 3 aliphatic rings. The molecule has 0 N–H and O–H groups in total. The molecule has 0 radical (unpaired) electrons. The first-order valence-corrected chi connectivity index (χ1v) is 8.27. The minimum absolute atomic E-state index is 0.122. The fraction of sp³-hybridized carbons (Fsp3) is 0.889. The first-order valence-electron chi connectivity index (χ1n) is 8.27. The predicted octanol–water partition coefficient (Wildman–Crippen LogP) is 4.82. The Balaban J connectivity index is 2.03. The summed E-state index contributed by atoms with van der Waals surface area (Å²) in [4.78, 5) is 10.7. The number of nitrogens with zero attached hydrogens (tertiary/aromatic N) is 2. The van der Waals surface area contributed by atoms with Crippen molar-refractivity contribution in [1.29, 1.82) is 0 Å². The van der Waals surface area contributed by atoms with Crippen molar-refractivity contribution in [2.45, 2.75) is 91.1 Å². The molecule has 2 heteroatoms. The second-order valence-corrected chi connectivity index (χ2v) is 9.24. The summed E-state index contributed by atoms with van der Waals surface area (Å²) in [5, 5.41) is 0. The summed E-state index contributed by atoms with van der Waals surface area (Å²) >= 11 is 0. The molecule has 0 aromatic carbocycles. The molecule has 20 heavy (non-hydrogen) atoms. The Morgan fingerprint density at radius 1 is 0.700 bits per heavy atom. The highest BCUT2D eigenvalue weighted by Crippen LogP contribution is 2.57. The molecular weight excluding hydrogens is 244 g/mol. The maximum atomic E-state index is 5.33. The van der Waals surface area contributed by atoms with Crippen LogP contribution < -0.4 is 0 Å². The van der Waals surface area contributed by atoms with Crippen molar-refractivity contribution in [3.05, 3.63) is 0 Å². The monoisotopic (exact) mass is 274 g/mol. The Hall–Kier alpha value is -0.660. The summed E-state index contributed by atoms with van der Waals surface area (Å²) in [6.07, 6.45) is 7.36. The van der Waals surface area contributed by atoms with Crippen LogP contribution in [0, 0.1) is 10.8 Å². The van der Waals surface area contributed by atoms with Crippen LogP contribution in [0.1, 0.15) is 80.1 Å². The number of hydrogen-bond donors (Lipinski definition) is 0. The Kier molecular flexibility index (Phi) is 2.82. The van der Waals surface area contributed by atoms with E-state index in [1.807, 2.05) is 0 Å². The van der Waals surface area contributed by atoms with Gasteiger partial charge in [0.1, 0.15) is 0 Å². The van der Waals surface area contributed by atoms with E-state index in [0.29, 0.717) is 0 Å². The Morgan fingerprint density at radius 3 is 1.35 bits per heavy atom. The molecule has 1 aliphatic carbocycles. The van der Waals surface area contributed by atoms with Crippen LogP contribution in [0.25, 0.3) is 0 Å². The van der Waals surface area contributed by atoms with Gasteiger partial charge in [-0.15, -0.1) is 0 Å². The smallest absolute Gasteiger partial charge is 0.0913 e. The molecule has 2 nitrogen and oxygen atoms in total. The third-order valence-corrected chi connectivity index (χ3v) is 5.65. The molecule has 0 aromatic rings. The Morgan fingerprint density at radius 2 is 1.05 bits per heavy atom. The van der Waals surface area contributed by atoms with Crippen LogP contribution in [0.3, 0.4) is 0 Å². The van der Waals surface area contributed by atoms with Crippen LogP contribution in [0.2, 0.25) is 0 Å². The zero-order chi connectivity index (χ0) is 14.8. The summed E-state index contributed by atoms with van der Waals surface area (Å²) in [7, 11) is 0. The topological polar surface area (TPSA) is 24.7 Å². The van der Waals surface area contributed by atoms with Crippen molar-refractivity contribution >= 4 is 11.4 Å². The van der Waals surface area contributed by atoms with Gasteiger partial charge in [0.2, 0.25) is 0 Å². The summed E-state index contributed by atoms with van der Waals surface area (Å²) < 4.78 is 0. The van der Waals surface area contributed by atoms with Crippen molar-refractivity contribution in [2.24, 2.45) is 20.8 Å². The minimum atomic E-state index is 0.122. The average molecular weight is 274 g/mol. The SMILES string of the molecule is CC(C)(C)C1=N[C@@]23CCCC[C@]2(C1)N=C(C(C)(C)C)C3. The van der Waals surface area contributed by atoms with Crippen molar-refractivity contribution in [3.8, 4) is 0 Å². The zero-order valence-corrected chi connectivity index (χ0v) is 14.1. The van der Waals surface area contributed by atoms with Crippen LogP contribution in [-0.4, -0.2) is 22.5 Å². The average Bonchev–Trinajstić information content (AvgIpc) is 2.76. The molecule has 1 saturated carbocycles. The van der Waals surface area contributed by atoms with Gasteiger partial charge in [-0.25, -0.2) is 0 Å². The number of rotatable bonds is 0. The Bertz CT molecular complexity index is 441. The van der Waals surface area contributed by atoms with Gasteiger partial charge < -0.3 is 0 Å². The molecule has 2 atom stereocenters. The van der Waals surface area contributed by atoms with E-state index in [1.54, 1.807) is 0 Å². The number of aliphatic imine (C=N–C) groups is 2. The first kappa shape index (κ1) is 14.3. The van der Waals surface area contributed by atoms with E-state index in [4.69, 9.17) is 9.98 Å². The van der Waals surface area contributed by atoms with E-state index in [0.717, 1.165) is 12.8 Å². The van der Waals surface area contributed by atoms with Gasteiger partial charge >= 0.3 is 0 Å². The van der Waals surface area contributed by atoms with Crippen molar-refractivity contribution in [3.63, 3.8) is 0 Å². The minimum Gasteiger partial charge on any atom is -0.284 e. The maximum Gasteiger partial charge on any atom is 0.0913 e. The second-order valence-electron chi connectivity index (χ2n) is 9.24. The summed E-state index contributed by atoms with van der Waals surface area (Å²) in [6.45, 7) is 13.8. The molecule has 0 unspecified atom stereocenters. The first-order chi connectivity index (χ1) is 9.08. The molecule has 0 saturated heterocycles. The van der Waals surface area contributed by atoms with Crippen molar-refractivity contribution in [2.75, 3.05) is 0 Å².